The molecule has 2 aliphatic rings. The number of rotatable bonds is 22. The van der Waals surface area contributed by atoms with Gasteiger partial charge in [-0.3, -0.25) is 20.1 Å². The van der Waals surface area contributed by atoms with Crippen molar-refractivity contribution in [2.45, 2.75) is 86.4 Å². The van der Waals surface area contributed by atoms with Crippen molar-refractivity contribution in [3.8, 4) is 34.6 Å². The molecule has 6 aromatic rings. The van der Waals surface area contributed by atoms with Crippen LogP contribution in [0.15, 0.2) is 95.2 Å². The number of hydrogen-bond donors (Lipinski definition) is 5. The van der Waals surface area contributed by atoms with Crippen LogP contribution in [-0.4, -0.2) is 95.9 Å². The highest BCUT2D eigenvalue weighted by Crippen LogP contribution is 2.46. The molecule has 0 unspecified atom stereocenters. The first-order chi connectivity index (χ1) is 34.3. The van der Waals surface area contributed by atoms with Gasteiger partial charge in [0.05, 0.1) is 23.0 Å². The molecule has 0 fully saturated rings. The zero-order valence-electron chi connectivity index (χ0n) is 39.4. The average molecular weight is 1060 g/mol. The van der Waals surface area contributed by atoms with E-state index in [1.165, 1.54) is 43.8 Å². The largest absolute Gasteiger partial charge is 0.480 e. The maximum absolute atomic E-state index is 12.2. The number of fused-ring (bicyclic) bond motifs is 2. The Kier molecular flexibility index (Phi) is 16.0. The molecule has 72 heavy (non-hydrogen) atoms. The van der Waals surface area contributed by atoms with Crippen LogP contribution in [0.3, 0.4) is 0 Å². The summed E-state index contributed by atoms with van der Waals surface area (Å²) >= 11 is 13.7. The fourth-order valence-corrected chi connectivity index (χ4v) is 10.2. The fourth-order valence-electron chi connectivity index (χ4n) is 8.49. The van der Waals surface area contributed by atoms with Gasteiger partial charge in [0.15, 0.2) is 19.7 Å². The number of aliphatic hydroxyl groups excluding tert-OH is 2. The van der Waals surface area contributed by atoms with Crippen LogP contribution in [0.4, 0.5) is 0 Å². The van der Waals surface area contributed by atoms with Crippen molar-refractivity contribution in [1.82, 2.24) is 30.6 Å². The molecule has 0 saturated heterocycles. The van der Waals surface area contributed by atoms with Crippen molar-refractivity contribution >= 4 is 48.8 Å². The molecule has 0 aliphatic heterocycles. The van der Waals surface area contributed by atoms with Crippen molar-refractivity contribution in [2.24, 2.45) is 0 Å². The molecule has 0 bridgehead atoms. The zero-order chi connectivity index (χ0) is 51.4. The highest BCUT2D eigenvalue weighted by Gasteiger charge is 2.34. The van der Waals surface area contributed by atoms with Crippen LogP contribution in [0.2, 0.25) is 10.0 Å². The molecule has 3 atom stereocenters. The van der Waals surface area contributed by atoms with Crippen LogP contribution in [0, 0.1) is 0 Å². The SMILES string of the molecule is C[C@@](CO)(NCc1cc(Cl)c(O[C@H]2CCc3c(-c4cccc5c4CC[C@@H]5Oc4nc(OCc5cncc(S(C)(=O)=O)c5)c(CNCCO)cc4Cl)cccc32)nc1OCc1cncc(S(C)(=O)=O)c1)C(=O)O. The first-order valence-electron chi connectivity index (χ1n) is 22.8. The Morgan fingerprint density at radius 1 is 0.708 bits per heavy atom. The lowest BCUT2D eigenvalue weighted by Crippen LogP contribution is -2.52. The van der Waals surface area contributed by atoms with Crippen molar-refractivity contribution < 1.29 is 55.9 Å². The van der Waals surface area contributed by atoms with E-state index in [0.29, 0.717) is 54.5 Å². The van der Waals surface area contributed by atoms with Gasteiger partial charge in [0, 0.05) is 79.2 Å². The van der Waals surface area contributed by atoms with Gasteiger partial charge < -0.3 is 39.6 Å². The number of ether oxygens (including phenoxy) is 4. The van der Waals surface area contributed by atoms with Crippen molar-refractivity contribution in [2.75, 3.05) is 32.3 Å². The van der Waals surface area contributed by atoms with Gasteiger partial charge in [-0.1, -0.05) is 59.6 Å². The first kappa shape index (κ1) is 52.4. The predicted molar refractivity (Wildman–Crippen MR) is 266 cm³/mol. The van der Waals surface area contributed by atoms with E-state index in [1.54, 1.807) is 12.1 Å². The molecular formula is C50H52Cl2N6O12S2. The molecule has 4 aromatic heterocycles. The number of carbonyl (C=O) groups is 1. The second kappa shape index (κ2) is 22.0. The van der Waals surface area contributed by atoms with E-state index >= 15 is 0 Å². The molecule has 0 radical (unpaired) electrons. The van der Waals surface area contributed by atoms with Gasteiger partial charge in [-0.05, 0) is 90.3 Å². The van der Waals surface area contributed by atoms with Crippen LogP contribution < -0.4 is 29.6 Å². The Morgan fingerprint density at radius 2 is 1.18 bits per heavy atom. The Morgan fingerprint density at radius 3 is 1.61 bits per heavy atom. The monoisotopic (exact) mass is 1060 g/mol. The summed E-state index contributed by atoms with van der Waals surface area (Å²) in [6, 6.07) is 18.4. The van der Waals surface area contributed by atoms with Crippen LogP contribution in [0.25, 0.3) is 11.1 Å². The van der Waals surface area contributed by atoms with E-state index in [0.717, 1.165) is 45.9 Å². The summed E-state index contributed by atoms with van der Waals surface area (Å²) in [7, 11) is -7.05. The number of carboxylic acids is 1. The summed E-state index contributed by atoms with van der Waals surface area (Å²) in [5, 5.41) is 35.4. The lowest BCUT2D eigenvalue weighted by molar-refractivity contribution is -0.145. The Hall–Kier alpha value is -5.97. The van der Waals surface area contributed by atoms with Gasteiger partial charge in [0.2, 0.25) is 23.5 Å². The number of halogens is 2. The third kappa shape index (κ3) is 11.9. The summed E-state index contributed by atoms with van der Waals surface area (Å²) in [5.41, 5.74) is 6.45. The minimum atomic E-state index is -3.56. The molecular weight excluding hydrogens is 1010 g/mol. The summed E-state index contributed by atoms with van der Waals surface area (Å²) in [6.45, 7) is 0.864. The second-order valence-corrected chi connectivity index (χ2v) is 22.6. The van der Waals surface area contributed by atoms with Crippen molar-refractivity contribution in [3.05, 3.63) is 140 Å². The minimum absolute atomic E-state index is 0.00827. The number of sulfone groups is 2. The summed E-state index contributed by atoms with van der Waals surface area (Å²) in [5.74, 6) is -0.778. The molecule has 8 rings (SSSR count). The van der Waals surface area contributed by atoms with Crippen LogP contribution in [-0.2, 0) is 63.6 Å². The number of benzene rings is 2. The van der Waals surface area contributed by atoms with Gasteiger partial charge >= 0.3 is 5.97 Å². The maximum Gasteiger partial charge on any atom is 0.326 e. The molecule has 22 heteroatoms. The Balaban J connectivity index is 1.03. The fraction of sp³-hybridized carbons (Fsp3) is 0.340. The highest BCUT2D eigenvalue weighted by molar-refractivity contribution is 7.91. The molecule has 0 amide bonds. The zero-order valence-corrected chi connectivity index (χ0v) is 42.5. The molecule has 0 saturated carbocycles. The lowest BCUT2D eigenvalue weighted by Gasteiger charge is -2.24. The third-order valence-electron chi connectivity index (χ3n) is 12.4. The van der Waals surface area contributed by atoms with Crippen LogP contribution in [0.1, 0.15) is 76.5 Å². The van der Waals surface area contributed by atoms with E-state index in [1.807, 2.05) is 24.3 Å². The van der Waals surface area contributed by atoms with Crippen molar-refractivity contribution in [1.29, 1.82) is 0 Å². The number of nitrogens with one attached hydrogen (secondary N) is 2. The number of hydrogen-bond acceptors (Lipinski definition) is 17. The number of aliphatic carboxylic acids is 1. The second-order valence-electron chi connectivity index (χ2n) is 17.7. The molecule has 380 valence electrons. The molecule has 4 heterocycles. The van der Waals surface area contributed by atoms with E-state index < -0.39 is 50.0 Å². The predicted octanol–water partition coefficient (Wildman–Crippen LogP) is 6.35. The molecule has 0 spiro atoms. The van der Waals surface area contributed by atoms with E-state index in [-0.39, 0.29) is 76.3 Å². The standard InChI is InChI=1S/C50H52Cl2N6O12S2/c1-50(28-60,49(61)62)56-23-32-19-42(52)48(58-46(32)68-27-30-17-34(25-55-21-30)72(3,65)66)70-44-13-11-38-36(7-5-9-40(38)44)35-6-4-8-39-37(35)10-12-43(39)69-47-41(51)18-31(22-53-14-15-59)45(57-47)67-26-29-16-33(24-54-20-29)71(2,63)64/h4-9,16-21,24-25,43-44,53,56,59-60H,10-15,22-23,26-28H2,1-3H3,(H,61,62)/t43-,44-,50-/m0/s1. The number of nitrogens with zero attached hydrogens (tertiary/aromatic N) is 4. The number of carboxylic acid groups (broad SMARTS) is 1. The quantitative estimate of drug-likeness (QED) is 0.0464. The van der Waals surface area contributed by atoms with E-state index in [2.05, 4.69) is 37.7 Å². The molecule has 18 nitrogen and oxygen atoms in total. The molecule has 2 aliphatic carbocycles. The van der Waals surface area contributed by atoms with Gasteiger partial charge in [-0.25, -0.2) is 16.8 Å². The van der Waals surface area contributed by atoms with Crippen LogP contribution in [0.5, 0.6) is 23.5 Å². The van der Waals surface area contributed by atoms with Gasteiger partial charge in [0.1, 0.15) is 41.0 Å². The van der Waals surface area contributed by atoms with E-state index in [4.69, 9.17) is 47.1 Å². The first-order valence-corrected chi connectivity index (χ1v) is 27.3. The van der Waals surface area contributed by atoms with Gasteiger partial charge in [-0.15, -0.1) is 0 Å². The minimum Gasteiger partial charge on any atom is -0.480 e. The topological polar surface area (TPSA) is 259 Å². The lowest BCUT2D eigenvalue weighted by atomic mass is 9.91. The normalized spacial score (nSPS) is 16.2. The number of aliphatic hydroxyl groups is 2. The Bertz CT molecular complexity index is 3240. The smallest absolute Gasteiger partial charge is 0.326 e. The summed E-state index contributed by atoms with van der Waals surface area (Å²) in [4.78, 5) is 29.5. The average Bonchev–Trinajstić information content (AvgIpc) is 3.97. The van der Waals surface area contributed by atoms with Gasteiger partial charge in [0.25, 0.3) is 0 Å². The summed E-state index contributed by atoms with van der Waals surface area (Å²) in [6.07, 6.45) is 9.44. The van der Waals surface area contributed by atoms with Crippen molar-refractivity contribution in [3.63, 3.8) is 0 Å². The number of aromatic nitrogens is 4. The van der Waals surface area contributed by atoms with Gasteiger partial charge in [-0.2, -0.15) is 9.97 Å². The summed E-state index contributed by atoms with van der Waals surface area (Å²) < 4.78 is 74.3. The third-order valence-corrected chi connectivity index (χ3v) is 15.1. The molecule has 2 aromatic carbocycles. The van der Waals surface area contributed by atoms with Crippen LogP contribution >= 0.6 is 23.2 Å². The Labute approximate surface area is 426 Å². The highest BCUT2D eigenvalue weighted by atomic mass is 35.5. The maximum atomic E-state index is 12.2. The van der Waals surface area contributed by atoms with E-state index in [9.17, 15) is 36.9 Å². The number of pyridine rings is 4. The molecule has 5 N–H and O–H groups in total.